The number of ether oxygens (including phenoxy) is 2. The average molecular weight is 1050 g/mol. The number of hydrogen-bond acceptors (Lipinski definition) is 12. The van der Waals surface area contributed by atoms with Crippen molar-refractivity contribution in [3.8, 4) is 0 Å². The van der Waals surface area contributed by atoms with Crippen molar-refractivity contribution in [2.45, 2.75) is 234 Å². The van der Waals surface area contributed by atoms with Crippen LogP contribution in [0.5, 0.6) is 0 Å². The Bertz CT molecular complexity index is 1220. The number of nitrogens with zero attached hydrogens (tertiary/aromatic N) is 2. The number of rotatable bonds is 50. The standard InChI is InChI=1S/C56H109N3O6S4/c1-9-10-21-32-51(60)33-22-15-13-11-12-14-16-23-34-52(61)57-39-44-58(8)40-31-41-59(43-36-54(63)65-46-26-18-20-28-48-67-69-50-30-38-56(5,6)7)42-35-53(62)64-45-25-17-19-27-47-66-68-49-29-24-37-55(2,3)4/h15,22,51,60H,9-14,16-21,23-50H2,1-8H3,(H,57,61)/b22-15-. The molecule has 0 aliphatic rings. The molecule has 1 atom stereocenters. The Kier molecular flexibility index (Phi) is 48.0. The number of aliphatic hydroxyl groups is 1. The van der Waals surface area contributed by atoms with Gasteiger partial charge in [-0.25, -0.2) is 0 Å². The van der Waals surface area contributed by atoms with E-state index in [0.29, 0.717) is 62.9 Å². The van der Waals surface area contributed by atoms with E-state index in [2.05, 4.69) is 82.8 Å². The molecule has 0 radical (unpaired) electrons. The molecule has 0 aromatic heterocycles. The van der Waals surface area contributed by atoms with Crippen molar-refractivity contribution < 1.29 is 29.0 Å². The second kappa shape index (κ2) is 48.4. The zero-order valence-electron chi connectivity index (χ0n) is 46.0. The number of hydrogen-bond donors (Lipinski definition) is 2. The van der Waals surface area contributed by atoms with Gasteiger partial charge in [-0.2, -0.15) is 0 Å². The first kappa shape index (κ1) is 68.4. The van der Waals surface area contributed by atoms with Crippen molar-refractivity contribution >= 4 is 61.0 Å². The number of amides is 1. The Morgan fingerprint density at radius 3 is 1.64 bits per heavy atom. The van der Waals surface area contributed by atoms with Crippen LogP contribution < -0.4 is 5.32 Å². The Balaban J connectivity index is 4.42. The van der Waals surface area contributed by atoms with Crippen molar-refractivity contribution in [3.63, 3.8) is 0 Å². The first-order valence-corrected chi connectivity index (χ1v) is 32.9. The summed E-state index contributed by atoms with van der Waals surface area (Å²) in [4.78, 5) is 42.4. The first-order chi connectivity index (χ1) is 33.1. The molecular formula is C56H109N3O6S4. The van der Waals surface area contributed by atoms with Crippen molar-refractivity contribution in [1.29, 1.82) is 0 Å². The van der Waals surface area contributed by atoms with Gasteiger partial charge in [0.15, 0.2) is 0 Å². The third-order valence-corrected chi connectivity index (χ3v) is 17.2. The minimum atomic E-state index is -0.200. The third-order valence-electron chi connectivity index (χ3n) is 12.1. The fraction of sp³-hybridized carbons (Fsp3) is 0.911. The van der Waals surface area contributed by atoms with Gasteiger partial charge in [0.25, 0.3) is 0 Å². The van der Waals surface area contributed by atoms with Gasteiger partial charge in [-0.3, -0.25) is 14.4 Å². The lowest BCUT2D eigenvalue weighted by molar-refractivity contribution is -0.144. The number of carbonyl (C=O) groups excluding carboxylic acids is 3. The smallest absolute Gasteiger partial charge is 0.307 e. The summed E-state index contributed by atoms with van der Waals surface area (Å²) < 4.78 is 11.2. The summed E-state index contributed by atoms with van der Waals surface area (Å²) in [7, 11) is 10.1. The summed E-state index contributed by atoms with van der Waals surface area (Å²) in [5, 5.41) is 13.1. The lowest BCUT2D eigenvalue weighted by Crippen LogP contribution is -2.35. The molecule has 13 heteroatoms. The van der Waals surface area contributed by atoms with Crippen molar-refractivity contribution in [1.82, 2.24) is 15.1 Å². The topological polar surface area (TPSA) is 108 Å². The average Bonchev–Trinajstić information content (AvgIpc) is 3.28. The molecule has 0 rings (SSSR count). The molecule has 69 heavy (non-hydrogen) atoms. The fourth-order valence-electron chi connectivity index (χ4n) is 7.64. The quantitative estimate of drug-likeness (QED) is 0.0262. The Labute approximate surface area is 442 Å². The minimum absolute atomic E-state index is 0.126. The molecule has 0 heterocycles. The number of unbranched alkanes of at least 4 members (excludes halogenated alkanes) is 14. The van der Waals surface area contributed by atoms with Crippen LogP contribution in [0.4, 0.5) is 0 Å². The van der Waals surface area contributed by atoms with Crippen LogP contribution in [-0.2, 0) is 23.9 Å². The largest absolute Gasteiger partial charge is 0.466 e. The highest BCUT2D eigenvalue weighted by atomic mass is 33.1. The van der Waals surface area contributed by atoms with Crippen LogP contribution >= 0.6 is 43.2 Å². The molecule has 9 nitrogen and oxygen atoms in total. The van der Waals surface area contributed by atoms with Crippen molar-refractivity contribution in [3.05, 3.63) is 12.2 Å². The molecule has 0 fully saturated rings. The van der Waals surface area contributed by atoms with E-state index in [-0.39, 0.29) is 23.9 Å². The SMILES string of the molecule is CCCCCC(O)C/C=C\CCCCCCCC(=O)NCCN(C)CCCN(CCC(=O)OCCCCCCSSCCCCC(C)(C)C)CCC(=O)OCCCCCCSSCCCC(C)(C)C. The van der Waals surface area contributed by atoms with Crippen LogP contribution in [0, 0.1) is 10.8 Å². The van der Waals surface area contributed by atoms with Gasteiger partial charge < -0.3 is 29.7 Å². The molecule has 0 spiro atoms. The Morgan fingerprint density at radius 2 is 1.06 bits per heavy atom. The van der Waals surface area contributed by atoms with Gasteiger partial charge in [0.05, 0.1) is 32.2 Å². The van der Waals surface area contributed by atoms with Gasteiger partial charge in [-0.05, 0) is 121 Å². The molecule has 0 saturated carbocycles. The highest BCUT2D eigenvalue weighted by molar-refractivity contribution is 8.77. The number of esters is 2. The minimum Gasteiger partial charge on any atom is -0.466 e. The molecule has 0 saturated heterocycles. The maximum atomic E-state index is 12.7. The number of nitrogens with one attached hydrogen (secondary N) is 1. The molecule has 0 aromatic carbocycles. The van der Waals surface area contributed by atoms with Crippen molar-refractivity contribution in [2.75, 3.05) is 82.5 Å². The highest BCUT2D eigenvalue weighted by Gasteiger charge is 2.14. The summed E-state index contributed by atoms with van der Waals surface area (Å²) in [5.74, 6) is 4.62. The van der Waals surface area contributed by atoms with Gasteiger partial charge >= 0.3 is 11.9 Å². The van der Waals surface area contributed by atoms with E-state index in [0.717, 1.165) is 103 Å². The lowest BCUT2D eigenvalue weighted by Gasteiger charge is -2.23. The van der Waals surface area contributed by atoms with Crippen LogP contribution in [0.2, 0.25) is 0 Å². The van der Waals surface area contributed by atoms with Crippen molar-refractivity contribution in [2.24, 2.45) is 10.8 Å². The molecule has 0 aliphatic carbocycles. The molecule has 0 aromatic rings. The summed E-state index contributed by atoms with van der Waals surface area (Å²) >= 11 is 0. The van der Waals surface area contributed by atoms with Gasteiger partial charge in [0.1, 0.15) is 0 Å². The number of aliphatic hydroxyl groups excluding tert-OH is 1. The van der Waals surface area contributed by atoms with Crippen LogP contribution in [0.1, 0.15) is 228 Å². The second-order valence-corrected chi connectivity index (χ2v) is 27.2. The number of allylic oxidation sites excluding steroid dienone is 1. The zero-order valence-corrected chi connectivity index (χ0v) is 49.3. The summed E-state index contributed by atoms with van der Waals surface area (Å²) in [6, 6.07) is 0. The van der Waals surface area contributed by atoms with E-state index in [4.69, 9.17) is 9.47 Å². The van der Waals surface area contributed by atoms with Gasteiger partial charge in [-0.1, -0.05) is 174 Å². The van der Waals surface area contributed by atoms with Crippen LogP contribution in [0.25, 0.3) is 0 Å². The van der Waals surface area contributed by atoms with E-state index in [1.54, 1.807) is 0 Å². The third kappa shape index (κ3) is 55.0. The monoisotopic (exact) mass is 1050 g/mol. The fourth-order valence-corrected chi connectivity index (χ4v) is 12.2. The Morgan fingerprint density at radius 1 is 0.551 bits per heavy atom. The first-order valence-electron chi connectivity index (χ1n) is 27.9. The van der Waals surface area contributed by atoms with E-state index in [1.165, 1.54) is 100 Å². The maximum Gasteiger partial charge on any atom is 0.307 e. The van der Waals surface area contributed by atoms with Gasteiger partial charge in [0, 0.05) is 55.6 Å². The van der Waals surface area contributed by atoms with Gasteiger partial charge in [0.2, 0.25) is 5.91 Å². The summed E-state index contributed by atoms with van der Waals surface area (Å²) in [6.45, 7) is 21.2. The van der Waals surface area contributed by atoms with Crippen LogP contribution in [0.3, 0.4) is 0 Å². The number of carbonyl (C=O) groups is 3. The molecular weight excluding hydrogens is 939 g/mol. The molecule has 0 aliphatic heterocycles. The molecule has 1 amide bonds. The van der Waals surface area contributed by atoms with E-state index < -0.39 is 0 Å². The van der Waals surface area contributed by atoms with E-state index in [1.807, 2.05) is 43.2 Å². The van der Waals surface area contributed by atoms with E-state index in [9.17, 15) is 19.5 Å². The normalized spacial score (nSPS) is 12.7. The predicted molar refractivity (Wildman–Crippen MR) is 308 cm³/mol. The molecule has 2 N–H and O–H groups in total. The summed E-state index contributed by atoms with van der Waals surface area (Å²) in [6.07, 6.45) is 33.2. The van der Waals surface area contributed by atoms with Crippen LogP contribution in [-0.4, -0.2) is 121 Å². The van der Waals surface area contributed by atoms with Crippen LogP contribution in [0.15, 0.2) is 12.2 Å². The number of likely N-dealkylation sites (N-methyl/N-ethyl adjacent to an activating group) is 1. The van der Waals surface area contributed by atoms with Gasteiger partial charge in [-0.15, -0.1) is 0 Å². The maximum absolute atomic E-state index is 12.7. The zero-order chi connectivity index (χ0) is 51.1. The predicted octanol–water partition coefficient (Wildman–Crippen LogP) is 15.1. The highest BCUT2D eigenvalue weighted by Crippen LogP contribution is 2.28. The van der Waals surface area contributed by atoms with E-state index >= 15 is 0 Å². The molecule has 0 bridgehead atoms. The Hall–Kier alpha value is -0.570. The second-order valence-electron chi connectivity index (χ2n) is 21.8. The summed E-state index contributed by atoms with van der Waals surface area (Å²) in [5.41, 5.74) is 0.864. The molecule has 1 unspecified atom stereocenters. The molecule has 408 valence electrons. The lowest BCUT2D eigenvalue weighted by atomic mass is 9.90.